The maximum Gasteiger partial charge on any atom is 0.193 e. The molecule has 1 N–H and O–H groups in total. The zero-order chi connectivity index (χ0) is 18.1. The van der Waals surface area contributed by atoms with Crippen LogP contribution in [0.4, 0.5) is 4.39 Å². The van der Waals surface area contributed by atoms with Crippen LogP contribution in [-0.2, 0) is 0 Å². The summed E-state index contributed by atoms with van der Waals surface area (Å²) in [7, 11) is 4.20. The normalized spacial score (nSPS) is 18.9. The minimum Gasteiger partial charge on any atom is -0.492 e. The first-order chi connectivity index (χ1) is 12.1. The molecule has 0 spiro atoms. The number of likely N-dealkylation sites (N-methyl/N-ethyl adjacent to an activating group) is 1. The van der Waals surface area contributed by atoms with Gasteiger partial charge in [0.2, 0.25) is 0 Å². The highest BCUT2D eigenvalue weighted by Gasteiger charge is 2.17. The molecule has 1 aromatic rings. The number of rotatable bonds is 7. The van der Waals surface area contributed by atoms with Gasteiger partial charge in [0.25, 0.3) is 0 Å². The van der Waals surface area contributed by atoms with Gasteiger partial charge in [-0.25, -0.2) is 4.39 Å². The molecular formula is C19H31FN4O. The molecule has 0 aliphatic carbocycles. The second kappa shape index (κ2) is 10.2. The summed E-state index contributed by atoms with van der Waals surface area (Å²) in [5, 5.41) is 3.35. The minimum atomic E-state index is -0.251. The average Bonchev–Trinajstić information content (AvgIpc) is 2.60. The zero-order valence-corrected chi connectivity index (χ0v) is 15.7. The second-order valence-corrected chi connectivity index (χ2v) is 6.69. The van der Waals surface area contributed by atoms with E-state index in [9.17, 15) is 4.39 Å². The number of hydrogen-bond acceptors (Lipinski definition) is 3. The number of hydrogen-bond donors (Lipinski definition) is 1. The number of likely N-dealkylation sites (tertiary alicyclic amines) is 1. The molecular weight excluding hydrogens is 319 g/mol. The second-order valence-electron chi connectivity index (χ2n) is 6.69. The summed E-state index contributed by atoms with van der Waals surface area (Å²) in [6.07, 6.45) is 2.51. The summed E-state index contributed by atoms with van der Waals surface area (Å²) in [5.41, 5.74) is 0. The maximum atomic E-state index is 12.9. The number of aliphatic imine (C=N–C) groups is 1. The Bertz CT molecular complexity index is 535. The molecule has 1 heterocycles. The van der Waals surface area contributed by atoms with E-state index >= 15 is 0 Å². The fourth-order valence-electron chi connectivity index (χ4n) is 3.04. The molecule has 140 valence electrons. The summed E-state index contributed by atoms with van der Waals surface area (Å²) in [6, 6.07) is 6.11. The molecule has 0 amide bonds. The smallest absolute Gasteiger partial charge is 0.193 e. The molecule has 0 saturated carbocycles. The number of guanidine groups is 1. The fraction of sp³-hybridized carbons (Fsp3) is 0.632. The van der Waals surface area contributed by atoms with Gasteiger partial charge in [-0.1, -0.05) is 0 Å². The topological polar surface area (TPSA) is 40.1 Å². The Morgan fingerprint density at radius 1 is 1.40 bits per heavy atom. The van der Waals surface area contributed by atoms with Crippen LogP contribution in [-0.4, -0.2) is 69.2 Å². The highest BCUT2D eigenvalue weighted by atomic mass is 19.1. The first-order valence-electron chi connectivity index (χ1n) is 9.15. The van der Waals surface area contributed by atoms with E-state index in [1.165, 1.54) is 31.5 Å². The van der Waals surface area contributed by atoms with Gasteiger partial charge in [-0.3, -0.25) is 4.99 Å². The number of nitrogens with zero attached hydrogens (tertiary/aromatic N) is 3. The van der Waals surface area contributed by atoms with E-state index in [0.29, 0.717) is 24.8 Å². The summed E-state index contributed by atoms with van der Waals surface area (Å²) in [4.78, 5) is 9.28. The van der Waals surface area contributed by atoms with E-state index in [-0.39, 0.29) is 5.82 Å². The van der Waals surface area contributed by atoms with Gasteiger partial charge in [0, 0.05) is 26.7 Å². The van der Waals surface area contributed by atoms with Gasteiger partial charge in [0.15, 0.2) is 5.96 Å². The molecule has 0 aromatic heterocycles. The van der Waals surface area contributed by atoms with Crippen molar-refractivity contribution >= 4 is 5.96 Å². The summed E-state index contributed by atoms with van der Waals surface area (Å²) in [6.45, 7) is 7.34. The van der Waals surface area contributed by atoms with E-state index in [4.69, 9.17) is 9.73 Å². The lowest BCUT2D eigenvalue weighted by Crippen LogP contribution is -2.41. The van der Waals surface area contributed by atoms with Crippen molar-refractivity contribution in [3.63, 3.8) is 0 Å². The lowest BCUT2D eigenvalue weighted by atomic mass is 9.99. The minimum absolute atomic E-state index is 0.251. The van der Waals surface area contributed by atoms with Crippen LogP contribution in [0.15, 0.2) is 29.3 Å². The SMILES string of the molecule is CCNC(=NCC1CCCN(C)C1)N(C)CCOc1ccc(F)cc1. The van der Waals surface area contributed by atoms with E-state index in [1.54, 1.807) is 12.1 Å². The third-order valence-electron chi connectivity index (χ3n) is 4.43. The molecule has 1 atom stereocenters. The van der Waals surface area contributed by atoms with E-state index in [2.05, 4.69) is 29.1 Å². The Kier molecular flexibility index (Phi) is 7.98. The largest absolute Gasteiger partial charge is 0.492 e. The van der Waals surface area contributed by atoms with E-state index < -0.39 is 0 Å². The predicted octanol–water partition coefficient (Wildman–Crippen LogP) is 2.44. The molecule has 25 heavy (non-hydrogen) atoms. The van der Waals surface area contributed by atoms with Crippen molar-refractivity contribution in [3.8, 4) is 5.75 Å². The molecule has 1 saturated heterocycles. The molecule has 0 bridgehead atoms. The van der Waals surface area contributed by atoms with Crippen molar-refractivity contribution in [1.29, 1.82) is 0 Å². The summed E-state index contributed by atoms with van der Waals surface area (Å²) in [5.74, 6) is 1.98. The Hall–Kier alpha value is -1.82. The molecule has 1 fully saturated rings. The van der Waals surface area contributed by atoms with Crippen LogP contribution in [0.2, 0.25) is 0 Å². The standard InChI is InChI=1S/C19H31FN4O/c1-4-21-19(22-14-16-6-5-11-23(2)15-16)24(3)12-13-25-18-9-7-17(20)8-10-18/h7-10,16H,4-6,11-15H2,1-3H3,(H,21,22). The first kappa shape index (κ1) is 19.5. The third-order valence-corrected chi connectivity index (χ3v) is 4.43. The van der Waals surface area contributed by atoms with Crippen molar-refractivity contribution in [2.45, 2.75) is 19.8 Å². The number of nitrogens with one attached hydrogen (secondary N) is 1. The van der Waals surface area contributed by atoms with Crippen LogP contribution in [0.5, 0.6) is 5.75 Å². The summed E-state index contributed by atoms with van der Waals surface area (Å²) < 4.78 is 18.6. The van der Waals surface area contributed by atoms with Crippen LogP contribution in [0.1, 0.15) is 19.8 Å². The Morgan fingerprint density at radius 2 is 2.16 bits per heavy atom. The molecule has 1 aliphatic rings. The van der Waals surface area contributed by atoms with Gasteiger partial charge >= 0.3 is 0 Å². The number of halogens is 1. The number of piperidine rings is 1. The van der Waals surface area contributed by atoms with Crippen LogP contribution in [0.25, 0.3) is 0 Å². The third kappa shape index (κ3) is 6.90. The van der Waals surface area contributed by atoms with Crippen LogP contribution < -0.4 is 10.1 Å². The predicted molar refractivity (Wildman–Crippen MR) is 101 cm³/mol. The van der Waals surface area contributed by atoms with E-state index in [1.807, 2.05) is 7.05 Å². The molecule has 5 nitrogen and oxygen atoms in total. The zero-order valence-electron chi connectivity index (χ0n) is 15.7. The van der Waals surface area contributed by atoms with Gasteiger partial charge < -0.3 is 19.9 Å². The Balaban J connectivity index is 1.80. The maximum absolute atomic E-state index is 12.9. The Labute approximate surface area is 150 Å². The highest BCUT2D eigenvalue weighted by Crippen LogP contribution is 2.15. The van der Waals surface area contributed by atoms with Gasteiger partial charge in [0.1, 0.15) is 18.2 Å². The summed E-state index contributed by atoms with van der Waals surface area (Å²) >= 11 is 0. The number of benzene rings is 1. The highest BCUT2D eigenvalue weighted by molar-refractivity contribution is 5.79. The molecule has 1 aliphatic heterocycles. The molecule has 0 radical (unpaired) electrons. The van der Waals surface area contributed by atoms with Crippen LogP contribution in [0.3, 0.4) is 0 Å². The number of ether oxygens (including phenoxy) is 1. The van der Waals surface area contributed by atoms with Crippen molar-refractivity contribution < 1.29 is 9.13 Å². The first-order valence-corrected chi connectivity index (χ1v) is 9.15. The van der Waals surface area contributed by atoms with Crippen molar-refractivity contribution in [1.82, 2.24) is 15.1 Å². The lowest BCUT2D eigenvalue weighted by molar-refractivity contribution is 0.214. The van der Waals surface area contributed by atoms with Gasteiger partial charge in [-0.15, -0.1) is 0 Å². The van der Waals surface area contributed by atoms with Crippen molar-refractivity contribution in [2.24, 2.45) is 10.9 Å². The lowest BCUT2D eigenvalue weighted by Gasteiger charge is -2.29. The average molecular weight is 350 g/mol. The molecule has 1 aromatic carbocycles. The van der Waals surface area contributed by atoms with E-state index in [0.717, 1.165) is 25.6 Å². The molecule has 6 heteroatoms. The van der Waals surface area contributed by atoms with Crippen molar-refractivity contribution in [2.75, 3.05) is 53.4 Å². The Morgan fingerprint density at radius 3 is 2.84 bits per heavy atom. The quantitative estimate of drug-likeness (QED) is 0.606. The molecule has 2 rings (SSSR count). The van der Waals surface area contributed by atoms with Gasteiger partial charge in [-0.05, 0) is 63.5 Å². The van der Waals surface area contributed by atoms with Gasteiger partial charge in [-0.2, -0.15) is 0 Å². The molecule has 1 unspecified atom stereocenters. The van der Waals surface area contributed by atoms with Crippen LogP contribution in [0, 0.1) is 11.7 Å². The van der Waals surface area contributed by atoms with Crippen molar-refractivity contribution in [3.05, 3.63) is 30.1 Å². The van der Waals surface area contributed by atoms with Gasteiger partial charge in [0.05, 0.1) is 6.54 Å². The monoisotopic (exact) mass is 350 g/mol. The van der Waals surface area contributed by atoms with Crippen LogP contribution >= 0.6 is 0 Å². The fourth-order valence-corrected chi connectivity index (χ4v) is 3.04.